The number of hydrogen-bond acceptors (Lipinski definition) is 3. The van der Waals surface area contributed by atoms with Gasteiger partial charge in [0, 0.05) is 25.1 Å². The zero-order valence-electron chi connectivity index (χ0n) is 13.4. The van der Waals surface area contributed by atoms with Crippen molar-refractivity contribution in [3.8, 4) is 5.75 Å². The van der Waals surface area contributed by atoms with Gasteiger partial charge in [-0.05, 0) is 25.0 Å². The molecule has 1 aromatic rings. The van der Waals surface area contributed by atoms with E-state index in [9.17, 15) is 9.59 Å². The van der Waals surface area contributed by atoms with Gasteiger partial charge >= 0.3 is 0 Å². The van der Waals surface area contributed by atoms with Gasteiger partial charge in [0.05, 0.1) is 23.1 Å². The monoisotopic (exact) mass is 372 g/mol. The Morgan fingerprint density at radius 1 is 1.08 bits per heavy atom. The van der Waals surface area contributed by atoms with E-state index < -0.39 is 0 Å². The summed E-state index contributed by atoms with van der Waals surface area (Å²) in [6.07, 6.45) is 5.00. The number of carbonyl (C=O) groups excluding carboxylic acids is 2. The minimum Gasteiger partial charge on any atom is -0.493 e. The Morgan fingerprint density at radius 2 is 1.83 bits per heavy atom. The molecule has 2 amide bonds. The van der Waals surface area contributed by atoms with Gasteiger partial charge in [-0.15, -0.1) is 0 Å². The molecule has 0 unspecified atom stereocenters. The lowest BCUT2D eigenvalue weighted by Crippen LogP contribution is -2.35. The van der Waals surface area contributed by atoms with Crippen LogP contribution < -0.4 is 15.4 Å². The lowest BCUT2D eigenvalue weighted by atomic mass is 10.2. The number of rotatable bonds is 8. The number of amides is 2. The van der Waals surface area contributed by atoms with Crippen LogP contribution in [-0.4, -0.2) is 31.0 Å². The van der Waals surface area contributed by atoms with Crippen LogP contribution in [0.2, 0.25) is 10.0 Å². The zero-order valence-corrected chi connectivity index (χ0v) is 15.0. The summed E-state index contributed by atoms with van der Waals surface area (Å²) >= 11 is 11.7. The first kappa shape index (κ1) is 18.9. The molecule has 1 aliphatic rings. The third-order valence-corrected chi connectivity index (χ3v) is 4.62. The van der Waals surface area contributed by atoms with Crippen molar-refractivity contribution in [2.45, 2.75) is 44.6 Å². The SMILES string of the molecule is O=C(CCOc1ccc(Cl)c(Cl)c1)NCCC(=O)NC1CCCC1. The molecule has 0 aliphatic heterocycles. The molecule has 1 saturated carbocycles. The van der Waals surface area contributed by atoms with Gasteiger partial charge in [-0.1, -0.05) is 36.0 Å². The Labute approximate surface area is 152 Å². The van der Waals surface area contributed by atoms with E-state index in [1.165, 1.54) is 12.8 Å². The van der Waals surface area contributed by atoms with E-state index in [0.717, 1.165) is 12.8 Å². The molecule has 2 rings (SSSR count). The number of nitrogens with one attached hydrogen (secondary N) is 2. The van der Waals surface area contributed by atoms with E-state index in [1.54, 1.807) is 18.2 Å². The summed E-state index contributed by atoms with van der Waals surface area (Å²) < 4.78 is 5.45. The standard InChI is InChI=1S/C17H22Cl2N2O3/c18-14-6-5-13(11-15(14)19)24-10-8-16(22)20-9-7-17(23)21-12-3-1-2-4-12/h5-6,11-12H,1-4,7-10H2,(H,20,22)(H,21,23). The normalized spacial score (nSPS) is 14.4. The summed E-state index contributed by atoms with van der Waals surface area (Å²) in [6.45, 7) is 0.572. The van der Waals surface area contributed by atoms with Gasteiger partial charge in [-0.3, -0.25) is 9.59 Å². The zero-order chi connectivity index (χ0) is 17.4. The highest BCUT2D eigenvalue weighted by molar-refractivity contribution is 6.42. The number of benzene rings is 1. The Kier molecular flexibility index (Phi) is 7.66. The van der Waals surface area contributed by atoms with E-state index in [2.05, 4.69) is 10.6 Å². The van der Waals surface area contributed by atoms with Crippen LogP contribution in [0.5, 0.6) is 5.75 Å². The predicted octanol–water partition coefficient (Wildman–Crippen LogP) is 3.33. The molecule has 132 valence electrons. The number of hydrogen-bond donors (Lipinski definition) is 2. The second-order valence-corrected chi connectivity index (χ2v) is 6.64. The molecule has 1 aromatic carbocycles. The van der Waals surface area contributed by atoms with Gasteiger partial charge in [-0.25, -0.2) is 0 Å². The van der Waals surface area contributed by atoms with E-state index in [4.69, 9.17) is 27.9 Å². The summed E-state index contributed by atoms with van der Waals surface area (Å²) in [5, 5.41) is 6.57. The summed E-state index contributed by atoms with van der Waals surface area (Å²) in [5.41, 5.74) is 0. The second-order valence-electron chi connectivity index (χ2n) is 5.82. The van der Waals surface area contributed by atoms with Crippen LogP contribution in [0.25, 0.3) is 0 Å². The van der Waals surface area contributed by atoms with Gasteiger partial charge in [0.25, 0.3) is 0 Å². The third kappa shape index (κ3) is 6.57. The Hall–Kier alpha value is -1.46. The van der Waals surface area contributed by atoms with E-state index >= 15 is 0 Å². The molecular weight excluding hydrogens is 351 g/mol. The van der Waals surface area contributed by atoms with Crippen LogP contribution in [-0.2, 0) is 9.59 Å². The van der Waals surface area contributed by atoms with Crippen molar-refractivity contribution < 1.29 is 14.3 Å². The molecule has 24 heavy (non-hydrogen) atoms. The lowest BCUT2D eigenvalue weighted by Gasteiger charge is -2.12. The van der Waals surface area contributed by atoms with Crippen molar-refractivity contribution in [2.75, 3.05) is 13.2 Å². The van der Waals surface area contributed by atoms with Crippen LogP contribution in [0, 0.1) is 0 Å². The van der Waals surface area contributed by atoms with Crippen molar-refractivity contribution in [2.24, 2.45) is 0 Å². The van der Waals surface area contributed by atoms with E-state index in [1.807, 2.05) is 0 Å². The van der Waals surface area contributed by atoms with Gasteiger partial charge < -0.3 is 15.4 Å². The van der Waals surface area contributed by atoms with Crippen molar-refractivity contribution in [3.63, 3.8) is 0 Å². The smallest absolute Gasteiger partial charge is 0.223 e. The average Bonchev–Trinajstić information content (AvgIpc) is 3.03. The maximum Gasteiger partial charge on any atom is 0.223 e. The summed E-state index contributed by atoms with van der Waals surface area (Å²) in [4.78, 5) is 23.4. The Morgan fingerprint density at radius 3 is 2.54 bits per heavy atom. The third-order valence-electron chi connectivity index (χ3n) is 3.88. The Balaban J connectivity index is 1.56. The molecular formula is C17H22Cl2N2O3. The quantitative estimate of drug-likeness (QED) is 0.735. The maximum atomic E-state index is 11.7. The molecule has 0 radical (unpaired) electrons. The van der Waals surface area contributed by atoms with Crippen LogP contribution >= 0.6 is 23.2 Å². The highest BCUT2D eigenvalue weighted by atomic mass is 35.5. The predicted molar refractivity (Wildman–Crippen MR) is 94.6 cm³/mol. The lowest BCUT2D eigenvalue weighted by molar-refractivity contribution is -0.122. The minimum atomic E-state index is -0.149. The number of ether oxygens (including phenoxy) is 1. The van der Waals surface area contributed by atoms with Crippen LogP contribution in [0.3, 0.4) is 0 Å². The molecule has 7 heteroatoms. The fourth-order valence-electron chi connectivity index (χ4n) is 2.60. The largest absolute Gasteiger partial charge is 0.493 e. The summed E-state index contributed by atoms with van der Waals surface area (Å²) in [7, 11) is 0. The van der Waals surface area contributed by atoms with Gasteiger partial charge in [0.2, 0.25) is 11.8 Å². The minimum absolute atomic E-state index is 0.00532. The van der Waals surface area contributed by atoms with Crippen molar-refractivity contribution >= 4 is 35.0 Å². The Bertz CT molecular complexity index is 575. The maximum absolute atomic E-state index is 11.7. The highest BCUT2D eigenvalue weighted by Crippen LogP contribution is 2.26. The topological polar surface area (TPSA) is 67.4 Å². The highest BCUT2D eigenvalue weighted by Gasteiger charge is 2.16. The fourth-order valence-corrected chi connectivity index (χ4v) is 2.89. The molecule has 0 aromatic heterocycles. The van der Waals surface area contributed by atoms with Crippen molar-refractivity contribution in [3.05, 3.63) is 28.2 Å². The molecule has 1 fully saturated rings. The number of halogens is 2. The first-order valence-electron chi connectivity index (χ1n) is 8.18. The van der Waals surface area contributed by atoms with E-state index in [-0.39, 0.29) is 24.8 Å². The van der Waals surface area contributed by atoms with Crippen molar-refractivity contribution in [1.82, 2.24) is 10.6 Å². The summed E-state index contributed by atoms with van der Waals surface area (Å²) in [5.74, 6) is 0.408. The summed E-state index contributed by atoms with van der Waals surface area (Å²) in [6, 6.07) is 5.25. The van der Waals surface area contributed by atoms with Crippen LogP contribution in [0.1, 0.15) is 38.5 Å². The molecule has 1 aliphatic carbocycles. The van der Waals surface area contributed by atoms with Crippen LogP contribution in [0.15, 0.2) is 18.2 Å². The fraction of sp³-hybridized carbons (Fsp3) is 0.529. The van der Waals surface area contributed by atoms with Gasteiger partial charge in [0.15, 0.2) is 0 Å². The molecule has 0 heterocycles. The average molecular weight is 373 g/mol. The molecule has 2 N–H and O–H groups in total. The van der Waals surface area contributed by atoms with Gasteiger partial charge in [0.1, 0.15) is 5.75 Å². The van der Waals surface area contributed by atoms with Crippen molar-refractivity contribution in [1.29, 1.82) is 0 Å². The second kappa shape index (κ2) is 9.74. The first-order chi connectivity index (χ1) is 11.5. The molecule has 0 saturated heterocycles. The number of carbonyl (C=O) groups is 2. The molecule has 0 atom stereocenters. The van der Waals surface area contributed by atoms with Gasteiger partial charge in [-0.2, -0.15) is 0 Å². The first-order valence-corrected chi connectivity index (χ1v) is 8.94. The van der Waals surface area contributed by atoms with E-state index in [0.29, 0.717) is 34.8 Å². The molecule has 5 nitrogen and oxygen atoms in total. The molecule has 0 spiro atoms. The van der Waals surface area contributed by atoms with Crippen LogP contribution in [0.4, 0.5) is 0 Å². The molecule has 0 bridgehead atoms.